The normalized spacial score (nSPS) is 12.2. The summed E-state index contributed by atoms with van der Waals surface area (Å²) < 4.78 is 2.46. The summed E-state index contributed by atoms with van der Waals surface area (Å²) in [5, 5.41) is 0. The number of nitrogens with zero attached hydrogens (tertiary/aromatic N) is 2. The van der Waals surface area contributed by atoms with Gasteiger partial charge in [0.2, 0.25) is 0 Å². The monoisotopic (exact) mass is 300 g/mol. The van der Waals surface area contributed by atoms with E-state index < -0.39 is 0 Å². The molecule has 0 fully saturated rings. The van der Waals surface area contributed by atoms with Crippen molar-refractivity contribution in [2.24, 2.45) is 5.41 Å². The number of para-hydroxylation sites is 2. The molecular weight excluding hydrogens is 268 g/mol. The second-order valence-electron chi connectivity index (χ2n) is 7.67. The van der Waals surface area contributed by atoms with Gasteiger partial charge in [-0.25, -0.2) is 4.98 Å². The van der Waals surface area contributed by atoms with Gasteiger partial charge in [0, 0.05) is 13.0 Å². The van der Waals surface area contributed by atoms with Crippen molar-refractivity contribution in [2.45, 2.75) is 79.2 Å². The number of imidazole rings is 1. The minimum absolute atomic E-state index is 0.278. The Morgan fingerprint density at radius 1 is 0.955 bits per heavy atom. The molecule has 0 amide bonds. The predicted octanol–water partition coefficient (Wildman–Crippen LogP) is 5.99. The van der Waals surface area contributed by atoms with E-state index in [0.717, 1.165) is 18.5 Å². The first-order valence-corrected chi connectivity index (χ1v) is 8.95. The summed E-state index contributed by atoms with van der Waals surface area (Å²) in [4.78, 5) is 4.89. The Labute approximate surface area is 135 Å². The average Bonchev–Trinajstić information content (AvgIpc) is 2.78. The molecule has 0 unspecified atom stereocenters. The highest BCUT2D eigenvalue weighted by molar-refractivity contribution is 5.75. The van der Waals surface area contributed by atoms with E-state index >= 15 is 0 Å². The molecule has 2 nitrogen and oxygen atoms in total. The molecule has 0 spiro atoms. The highest BCUT2D eigenvalue weighted by atomic mass is 15.1. The van der Waals surface area contributed by atoms with E-state index in [-0.39, 0.29) is 5.41 Å². The maximum Gasteiger partial charge on any atom is 0.110 e. The van der Waals surface area contributed by atoms with Gasteiger partial charge in [0.1, 0.15) is 5.82 Å². The minimum atomic E-state index is 0.278. The van der Waals surface area contributed by atoms with Crippen molar-refractivity contribution in [2.75, 3.05) is 0 Å². The summed E-state index contributed by atoms with van der Waals surface area (Å²) in [6.07, 6.45) is 9.09. The van der Waals surface area contributed by atoms with Crippen LogP contribution in [0.3, 0.4) is 0 Å². The first-order valence-electron chi connectivity index (χ1n) is 8.95. The molecule has 0 aliphatic heterocycles. The maximum absolute atomic E-state index is 4.89. The Morgan fingerprint density at radius 2 is 1.64 bits per heavy atom. The fraction of sp³-hybridized carbons (Fsp3) is 0.650. The number of hydrogen-bond donors (Lipinski definition) is 0. The molecule has 2 heteroatoms. The van der Waals surface area contributed by atoms with E-state index in [2.05, 4.69) is 56.5 Å². The topological polar surface area (TPSA) is 17.8 Å². The Morgan fingerprint density at radius 3 is 2.36 bits per heavy atom. The molecule has 0 saturated carbocycles. The molecule has 0 bridgehead atoms. The van der Waals surface area contributed by atoms with E-state index in [4.69, 9.17) is 4.98 Å². The molecule has 122 valence electrons. The van der Waals surface area contributed by atoms with Gasteiger partial charge in [-0.1, -0.05) is 71.9 Å². The third-order valence-electron chi connectivity index (χ3n) is 4.16. The number of aryl methyl sites for hydroxylation is 1. The van der Waals surface area contributed by atoms with Crippen molar-refractivity contribution in [3.05, 3.63) is 30.1 Å². The molecule has 2 rings (SSSR count). The molecule has 0 aliphatic rings. The van der Waals surface area contributed by atoms with Gasteiger partial charge in [0.25, 0.3) is 0 Å². The van der Waals surface area contributed by atoms with Gasteiger partial charge in [-0.15, -0.1) is 0 Å². The SMILES string of the molecule is CCCCCCCCn1c(CC(C)(C)C)nc2ccccc21. The number of rotatable bonds is 8. The number of benzene rings is 1. The van der Waals surface area contributed by atoms with Gasteiger partial charge < -0.3 is 4.57 Å². The van der Waals surface area contributed by atoms with Crippen LogP contribution in [0, 0.1) is 5.41 Å². The van der Waals surface area contributed by atoms with Crippen molar-refractivity contribution >= 4 is 11.0 Å². The quantitative estimate of drug-likeness (QED) is 0.548. The molecule has 1 aromatic carbocycles. The molecule has 1 heterocycles. The van der Waals surface area contributed by atoms with Gasteiger partial charge >= 0.3 is 0 Å². The molecule has 2 aromatic rings. The zero-order chi connectivity index (χ0) is 16.0. The van der Waals surface area contributed by atoms with E-state index in [1.807, 2.05) is 0 Å². The molecule has 0 saturated heterocycles. The standard InChI is InChI=1S/C20H32N2/c1-5-6-7-8-9-12-15-22-18-14-11-10-13-17(18)21-19(22)16-20(2,3)4/h10-11,13-14H,5-9,12,15-16H2,1-4H3. The fourth-order valence-electron chi connectivity index (χ4n) is 3.03. The van der Waals surface area contributed by atoms with Crippen LogP contribution in [0.5, 0.6) is 0 Å². The summed E-state index contributed by atoms with van der Waals surface area (Å²) in [6, 6.07) is 8.57. The summed E-state index contributed by atoms with van der Waals surface area (Å²) in [5.41, 5.74) is 2.73. The van der Waals surface area contributed by atoms with Gasteiger partial charge in [0.05, 0.1) is 11.0 Å². The fourth-order valence-corrected chi connectivity index (χ4v) is 3.03. The lowest BCUT2D eigenvalue weighted by molar-refractivity contribution is 0.391. The largest absolute Gasteiger partial charge is 0.328 e. The lowest BCUT2D eigenvalue weighted by Crippen LogP contribution is -2.14. The Kier molecular flexibility index (Phi) is 6.05. The molecule has 0 N–H and O–H groups in total. The predicted molar refractivity (Wildman–Crippen MR) is 96.3 cm³/mol. The highest BCUT2D eigenvalue weighted by Crippen LogP contribution is 2.24. The van der Waals surface area contributed by atoms with Crippen molar-refractivity contribution in [3.8, 4) is 0 Å². The van der Waals surface area contributed by atoms with Gasteiger partial charge in [-0.2, -0.15) is 0 Å². The van der Waals surface area contributed by atoms with Gasteiger partial charge in [-0.05, 0) is 24.0 Å². The lowest BCUT2D eigenvalue weighted by Gasteiger charge is -2.19. The Hall–Kier alpha value is -1.31. The van der Waals surface area contributed by atoms with E-state index in [1.54, 1.807) is 0 Å². The van der Waals surface area contributed by atoms with Crippen LogP contribution in [0.2, 0.25) is 0 Å². The second kappa shape index (κ2) is 7.80. The molecule has 0 radical (unpaired) electrons. The average molecular weight is 300 g/mol. The van der Waals surface area contributed by atoms with Crippen LogP contribution >= 0.6 is 0 Å². The molecule has 0 atom stereocenters. The number of fused-ring (bicyclic) bond motifs is 1. The van der Waals surface area contributed by atoms with Crippen LogP contribution in [0.1, 0.15) is 72.0 Å². The van der Waals surface area contributed by atoms with E-state index in [0.29, 0.717) is 0 Å². The van der Waals surface area contributed by atoms with Crippen LogP contribution in [-0.2, 0) is 13.0 Å². The highest BCUT2D eigenvalue weighted by Gasteiger charge is 2.17. The Balaban J connectivity index is 2.07. The minimum Gasteiger partial charge on any atom is -0.328 e. The van der Waals surface area contributed by atoms with Gasteiger partial charge in [-0.3, -0.25) is 0 Å². The maximum atomic E-state index is 4.89. The number of aromatic nitrogens is 2. The first kappa shape index (κ1) is 17.1. The molecule has 0 aliphatic carbocycles. The lowest BCUT2D eigenvalue weighted by atomic mass is 9.92. The molecular formula is C20H32N2. The van der Waals surface area contributed by atoms with Crippen molar-refractivity contribution in [1.29, 1.82) is 0 Å². The van der Waals surface area contributed by atoms with Gasteiger partial charge in [0.15, 0.2) is 0 Å². The number of unbranched alkanes of at least 4 members (excludes halogenated alkanes) is 5. The summed E-state index contributed by atoms with van der Waals surface area (Å²) in [5.74, 6) is 1.25. The van der Waals surface area contributed by atoms with E-state index in [9.17, 15) is 0 Å². The van der Waals surface area contributed by atoms with Crippen LogP contribution in [0.15, 0.2) is 24.3 Å². The summed E-state index contributed by atoms with van der Waals surface area (Å²) in [6.45, 7) is 10.3. The van der Waals surface area contributed by atoms with Crippen molar-refractivity contribution < 1.29 is 0 Å². The third kappa shape index (κ3) is 4.86. The van der Waals surface area contributed by atoms with Crippen LogP contribution in [0.4, 0.5) is 0 Å². The van der Waals surface area contributed by atoms with Crippen molar-refractivity contribution in [3.63, 3.8) is 0 Å². The zero-order valence-electron chi connectivity index (χ0n) is 14.9. The molecule has 1 aromatic heterocycles. The van der Waals surface area contributed by atoms with Crippen LogP contribution in [0.25, 0.3) is 11.0 Å². The zero-order valence-corrected chi connectivity index (χ0v) is 14.9. The molecule has 22 heavy (non-hydrogen) atoms. The van der Waals surface area contributed by atoms with E-state index in [1.165, 1.54) is 49.9 Å². The van der Waals surface area contributed by atoms with Crippen LogP contribution in [-0.4, -0.2) is 9.55 Å². The Bertz CT molecular complexity index is 575. The summed E-state index contributed by atoms with van der Waals surface area (Å²) >= 11 is 0. The van der Waals surface area contributed by atoms with Crippen LogP contribution < -0.4 is 0 Å². The third-order valence-corrected chi connectivity index (χ3v) is 4.16. The van der Waals surface area contributed by atoms with Crippen molar-refractivity contribution in [1.82, 2.24) is 9.55 Å². The smallest absolute Gasteiger partial charge is 0.110 e. The summed E-state index contributed by atoms with van der Waals surface area (Å²) in [7, 11) is 0. The first-order chi connectivity index (χ1) is 10.5. The number of hydrogen-bond acceptors (Lipinski definition) is 1. The second-order valence-corrected chi connectivity index (χ2v) is 7.67.